The zero-order chi connectivity index (χ0) is 19.6. The van der Waals surface area contributed by atoms with E-state index in [0.717, 1.165) is 15.5 Å². The molecule has 0 saturated carbocycles. The lowest BCUT2D eigenvalue weighted by atomic mass is 10.0. The molecule has 0 bridgehead atoms. The minimum absolute atomic E-state index is 0.0912. The number of hydrogen-bond acceptors (Lipinski definition) is 6. The van der Waals surface area contributed by atoms with Crippen LogP contribution in [0.2, 0.25) is 0 Å². The first-order chi connectivity index (χ1) is 12.9. The molecule has 1 fully saturated rings. The van der Waals surface area contributed by atoms with Crippen molar-refractivity contribution in [1.29, 1.82) is 0 Å². The molecular weight excluding hydrogens is 388 g/mol. The summed E-state index contributed by atoms with van der Waals surface area (Å²) in [6.45, 7) is 3.60. The van der Waals surface area contributed by atoms with Gasteiger partial charge in [-0.2, -0.15) is 0 Å². The Bertz CT molecular complexity index is 868. The van der Waals surface area contributed by atoms with Crippen LogP contribution >= 0.6 is 22.9 Å². The van der Waals surface area contributed by atoms with E-state index < -0.39 is 30.3 Å². The maximum absolute atomic E-state index is 12.6. The van der Waals surface area contributed by atoms with E-state index in [1.807, 2.05) is 37.3 Å². The molecule has 1 aliphatic heterocycles. The van der Waals surface area contributed by atoms with Crippen molar-refractivity contribution >= 4 is 41.0 Å². The van der Waals surface area contributed by atoms with Gasteiger partial charge >= 0.3 is 6.09 Å². The fourth-order valence-corrected chi connectivity index (χ4v) is 3.69. The number of hydrogen-bond donors (Lipinski definition) is 1. The Morgan fingerprint density at radius 1 is 1.44 bits per heavy atom. The summed E-state index contributed by atoms with van der Waals surface area (Å²) in [6, 6.07) is 8.74. The molecule has 1 aliphatic rings. The van der Waals surface area contributed by atoms with Crippen LogP contribution in [0.4, 0.5) is 4.79 Å². The normalized spacial score (nSPS) is 21.3. The number of aliphatic hydroxyl groups excluding tert-OH is 1. The van der Waals surface area contributed by atoms with Gasteiger partial charge in [0.05, 0.1) is 29.3 Å². The van der Waals surface area contributed by atoms with Crippen LogP contribution in [-0.4, -0.2) is 39.1 Å². The van der Waals surface area contributed by atoms with Crippen LogP contribution in [0, 0.1) is 6.92 Å². The second-order valence-corrected chi connectivity index (χ2v) is 7.76. The zero-order valence-electron chi connectivity index (χ0n) is 14.8. The van der Waals surface area contributed by atoms with Crippen LogP contribution in [0.3, 0.4) is 0 Å². The van der Waals surface area contributed by atoms with Crippen LogP contribution < -0.4 is 0 Å². The summed E-state index contributed by atoms with van der Waals surface area (Å²) in [5.41, 5.74) is 1.43. The first kappa shape index (κ1) is 19.5. The van der Waals surface area contributed by atoms with Crippen molar-refractivity contribution in [3.8, 4) is 0 Å². The number of nitrogens with zero attached hydrogens (tertiary/aromatic N) is 2. The van der Waals surface area contributed by atoms with Crippen molar-refractivity contribution in [2.45, 2.75) is 38.5 Å². The number of carbonyl (C=O) groups is 2. The average Bonchev–Trinajstić information content (AvgIpc) is 3.17. The standard InChI is InChI=1S/C19H19ClN2O4S/c1-11-18(13-6-4-3-5-7-13)26-19(25)22(11)17(24)9-16(23)15(20)8-14-10-27-12(2)21-14/h3-8,10-11,16,18,23H,9H2,1-2H3/b15-8+/t11-,16-,18-/m0/s1. The lowest BCUT2D eigenvalue weighted by Gasteiger charge is -2.20. The highest BCUT2D eigenvalue weighted by Gasteiger charge is 2.43. The van der Waals surface area contributed by atoms with Gasteiger partial charge in [-0.3, -0.25) is 4.79 Å². The summed E-state index contributed by atoms with van der Waals surface area (Å²) in [4.78, 5) is 30.1. The fraction of sp³-hybridized carbons (Fsp3) is 0.316. The number of carbonyl (C=O) groups excluding carboxylic acids is 2. The third kappa shape index (κ3) is 4.37. The number of benzene rings is 1. The molecule has 6 nitrogen and oxygen atoms in total. The first-order valence-electron chi connectivity index (χ1n) is 8.41. The van der Waals surface area contributed by atoms with Gasteiger partial charge in [0.2, 0.25) is 5.91 Å². The number of cyclic esters (lactones) is 1. The van der Waals surface area contributed by atoms with Crippen molar-refractivity contribution in [3.63, 3.8) is 0 Å². The lowest BCUT2D eigenvalue weighted by molar-refractivity contribution is -0.130. The molecule has 0 spiro atoms. The molecule has 1 aromatic carbocycles. The summed E-state index contributed by atoms with van der Waals surface area (Å²) in [5, 5.41) is 13.0. The Hall–Kier alpha value is -2.22. The van der Waals surface area contributed by atoms with E-state index in [-0.39, 0.29) is 11.5 Å². The Morgan fingerprint density at radius 2 is 2.15 bits per heavy atom. The molecule has 2 heterocycles. The highest BCUT2D eigenvalue weighted by Crippen LogP contribution is 2.33. The number of ether oxygens (including phenoxy) is 1. The van der Waals surface area contributed by atoms with Crippen LogP contribution in [0.1, 0.15) is 35.7 Å². The largest absolute Gasteiger partial charge is 0.439 e. The van der Waals surface area contributed by atoms with Gasteiger partial charge in [-0.25, -0.2) is 14.7 Å². The number of imide groups is 1. The van der Waals surface area contributed by atoms with E-state index in [1.165, 1.54) is 17.4 Å². The van der Waals surface area contributed by atoms with Crippen LogP contribution in [-0.2, 0) is 9.53 Å². The summed E-state index contributed by atoms with van der Waals surface area (Å²) >= 11 is 7.57. The third-order valence-corrected chi connectivity index (χ3v) is 5.43. The van der Waals surface area contributed by atoms with E-state index >= 15 is 0 Å². The van der Waals surface area contributed by atoms with Crippen LogP contribution in [0.25, 0.3) is 6.08 Å². The summed E-state index contributed by atoms with van der Waals surface area (Å²) in [6.07, 6.45) is -1.29. The maximum atomic E-state index is 12.6. The highest BCUT2D eigenvalue weighted by atomic mass is 35.5. The quantitative estimate of drug-likeness (QED) is 0.814. The third-order valence-electron chi connectivity index (χ3n) is 4.28. The predicted octanol–water partition coefficient (Wildman–Crippen LogP) is 3.89. The van der Waals surface area contributed by atoms with Gasteiger partial charge in [-0.1, -0.05) is 41.9 Å². The monoisotopic (exact) mass is 406 g/mol. The summed E-state index contributed by atoms with van der Waals surface area (Å²) < 4.78 is 5.36. The molecule has 1 saturated heterocycles. The molecule has 0 radical (unpaired) electrons. The molecule has 0 aliphatic carbocycles. The Morgan fingerprint density at radius 3 is 2.78 bits per heavy atom. The van der Waals surface area contributed by atoms with Crippen LogP contribution in [0.5, 0.6) is 0 Å². The highest BCUT2D eigenvalue weighted by molar-refractivity contribution is 7.09. The van der Waals surface area contributed by atoms with E-state index in [1.54, 1.807) is 12.3 Å². The van der Waals surface area contributed by atoms with E-state index in [4.69, 9.17) is 16.3 Å². The molecule has 1 N–H and O–H groups in total. The molecule has 1 aromatic heterocycles. The number of aliphatic hydroxyl groups is 1. The summed E-state index contributed by atoms with van der Waals surface area (Å²) in [7, 11) is 0. The fourth-order valence-electron chi connectivity index (χ4n) is 2.93. The molecule has 142 valence electrons. The Balaban J connectivity index is 1.68. The van der Waals surface area contributed by atoms with Crippen molar-refractivity contribution in [3.05, 3.63) is 57.0 Å². The smallest absolute Gasteiger partial charge is 0.417 e. The zero-order valence-corrected chi connectivity index (χ0v) is 16.4. The minimum Gasteiger partial charge on any atom is -0.439 e. The number of rotatable bonds is 5. The molecule has 3 atom stereocenters. The van der Waals surface area contributed by atoms with Gasteiger partial charge in [0, 0.05) is 10.4 Å². The molecule has 27 heavy (non-hydrogen) atoms. The van der Waals surface area contributed by atoms with Gasteiger partial charge in [0.15, 0.2) is 0 Å². The van der Waals surface area contributed by atoms with E-state index in [9.17, 15) is 14.7 Å². The van der Waals surface area contributed by atoms with Crippen molar-refractivity contribution in [2.24, 2.45) is 0 Å². The predicted molar refractivity (Wildman–Crippen MR) is 103 cm³/mol. The molecule has 3 rings (SSSR count). The SMILES string of the molecule is Cc1nc(/C=C(/Cl)[C@@H](O)CC(=O)N2C(=O)O[C@H](c3ccccc3)[C@@H]2C)cs1. The lowest BCUT2D eigenvalue weighted by Crippen LogP contribution is -2.39. The average molecular weight is 407 g/mol. The number of thiazole rings is 1. The van der Waals surface area contributed by atoms with Crippen LogP contribution in [0.15, 0.2) is 40.7 Å². The van der Waals surface area contributed by atoms with Crippen molar-refractivity contribution in [1.82, 2.24) is 9.88 Å². The van der Waals surface area contributed by atoms with E-state index in [0.29, 0.717) is 5.69 Å². The van der Waals surface area contributed by atoms with Gasteiger partial charge in [-0.05, 0) is 25.5 Å². The molecule has 8 heteroatoms. The second kappa shape index (κ2) is 8.21. The number of aryl methyl sites for hydroxylation is 1. The first-order valence-corrected chi connectivity index (χ1v) is 9.67. The molecular formula is C19H19ClN2O4S. The maximum Gasteiger partial charge on any atom is 0.417 e. The number of amides is 2. The molecule has 0 unspecified atom stereocenters. The Labute approximate surface area is 166 Å². The van der Waals surface area contributed by atoms with E-state index in [2.05, 4.69) is 4.98 Å². The Kier molecular flexibility index (Phi) is 5.94. The van der Waals surface area contributed by atoms with Gasteiger partial charge < -0.3 is 9.84 Å². The van der Waals surface area contributed by atoms with Gasteiger partial charge in [0.1, 0.15) is 6.10 Å². The minimum atomic E-state index is -1.23. The van der Waals surface area contributed by atoms with Crippen molar-refractivity contribution < 1.29 is 19.4 Å². The topological polar surface area (TPSA) is 79.7 Å². The molecule has 2 amide bonds. The molecule has 2 aromatic rings. The van der Waals surface area contributed by atoms with Gasteiger partial charge in [-0.15, -0.1) is 11.3 Å². The number of halogens is 1. The summed E-state index contributed by atoms with van der Waals surface area (Å²) in [5.74, 6) is -0.542. The second-order valence-electron chi connectivity index (χ2n) is 6.26. The number of aromatic nitrogens is 1. The van der Waals surface area contributed by atoms with Crippen molar-refractivity contribution in [2.75, 3.05) is 0 Å². The van der Waals surface area contributed by atoms with Gasteiger partial charge in [0.25, 0.3) is 0 Å².